The van der Waals surface area contributed by atoms with Gasteiger partial charge in [0.15, 0.2) is 0 Å². The number of halogens is 2. The molecule has 0 aliphatic rings. The van der Waals surface area contributed by atoms with Crippen molar-refractivity contribution in [1.29, 1.82) is 0 Å². The molecule has 0 radical (unpaired) electrons. The zero-order valence-corrected chi connectivity index (χ0v) is 12.3. The van der Waals surface area contributed by atoms with E-state index >= 15 is 0 Å². The summed E-state index contributed by atoms with van der Waals surface area (Å²) in [7, 11) is 1.71. The standard InChI is InChI=1S/C15H13F2N3S/c1-8-3-4-12(21-8)14-13(15(18)20(2)19-14)9-5-10(16)7-11(17)6-9/h3-7H,18H2,1-2H3. The number of rotatable bonds is 2. The number of thiophene rings is 1. The van der Waals surface area contributed by atoms with Crippen molar-refractivity contribution >= 4 is 17.2 Å². The van der Waals surface area contributed by atoms with E-state index in [1.807, 2.05) is 19.1 Å². The second-order valence-electron chi connectivity index (χ2n) is 4.80. The van der Waals surface area contributed by atoms with Crippen LogP contribution in [0.1, 0.15) is 4.88 Å². The molecule has 0 saturated carbocycles. The molecule has 108 valence electrons. The molecular formula is C15H13F2N3S. The van der Waals surface area contributed by atoms with E-state index in [4.69, 9.17) is 5.73 Å². The molecule has 6 heteroatoms. The largest absolute Gasteiger partial charge is 0.383 e. The Morgan fingerprint density at radius 3 is 2.38 bits per heavy atom. The molecule has 0 fully saturated rings. The van der Waals surface area contributed by atoms with Crippen LogP contribution in [-0.4, -0.2) is 9.78 Å². The van der Waals surface area contributed by atoms with Crippen LogP contribution >= 0.6 is 11.3 Å². The maximum Gasteiger partial charge on any atom is 0.129 e. The minimum absolute atomic E-state index is 0.376. The molecule has 1 aromatic carbocycles. The number of hydrogen-bond acceptors (Lipinski definition) is 3. The van der Waals surface area contributed by atoms with Gasteiger partial charge in [0.1, 0.15) is 23.1 Å². The van der Waals surface area contributed by atoms with Gasteiger partial charge in [0.2, 0.25) is 0 Å². The minimum Gasteiger partial charge on any atom is -0.383 e. The third kappa shape index (κ3) is 2.42. The third-order valence-electron chi connectivity index (χ3n) is 3.22. The van der Waals surface area contributed by atoms with Gasteiger partial charge in [0.25, 0.3) is 0 Å². The highest BCUT2D eigenvalue weighted by Crippen LogP contribution is 2.39. The first-order valence-corrected chi connectivity index (χ1v) is 7.13. The molecule has 0 amide bonds. The fraction of sp³-hybridized carbons (Fsp3) is 0.133. The molecule has 2 N–H and O–H groups in total. The Labute approximate surface area is 124 Å². The number of benzene rings is 1. The van der Waals surface area contributed by atoms with Crippen molar-refractivity contribution in [2.75, 3.05) is 5.73 Å². The highest BCUT2D eigenvalue weighted by molar-refractivity contribution is 7.15. The van der Waals surface area contributed by atoms with Crippen LogP contribution < -0.4 is 5.73 Å². The Morgan fingerprint density at radius 2 is 1.81 bits per heavy atom. The van der Waals surface area contributed by atoms with Crippen LogP contribution in [0.25, 0.3) is 21.7 Å². The zero-order valence-electron chi connectivity index (χ0n) is 11.5. The van der Waals surface area contributed by atoms with Gasteiger partial charge < -0.3 is 5.73 Å². The smallest absolute Gasteiger partial charge is 0.129 e. The van der Waals surface area contributed by atoms with Gasteiger partial charge in [-0.1, -0.05) is 0 Å². The number of nitrogens with two attached hydrogens (primary N) is 1. The van der Waals surface area contributed by atoms with Crippen LogP contribution in [0.3, 0.4) is 0 Å². The topological polar surface area (TPSA) is 43.8 Å². The molecule has 2 heterocycles. The van der Waals surface area contributed by atoms with Crippen molar-refractivity contribution in [3.8, 4) is 21.7 Å². The molecular weight excluding hydrogens is 292 g/mol. The first kappa shape index (κ1) is 13.8. The average Bonchev–Trinajstić information content (AvgIpc) is 2.94. The van der Waals surface area contributed by atoms with Gasteiger partial charge in [-0.05, 0) is 36.8 Å². The molecule has 2 aromatic heterocycles. The number of anilines is 1. The molecule has 3 aromatic rings. The van der Waals surface area contributed by atoms with Gasteiger partial charge in [-0.3, -0.25) is 4.68 Å². The third-order valence-corrected chi connectivity index (χ3v) is 4.22. The van der Waals surface area contributed by atoms with Crippen molar-refractivity contribution < 1.29 is 8.78 Å². The van der Waals surface area contributed by atoms with Crippen LogP contribution in [0.5, 0.6) is 0 Å². The zero-order chi connectivity index (χ0) is 15.1. The molecule has 3 nitrogen and oxygen atoms in total. The SMILES string of the molecule is Cc1ccc(-c2nn(C)c(N)c2-c2cc(F)cc(F)c2)s1. The normalized spacial score (nSPS) is 11.0. The minimum atomic E-state index is -0.637. The number of nitrogen functional groups attached to an aromatic ring is 1. The van der Waals surface area contributed by atoms with Crippen LogP contribution in [-0.2, 0) is 7.05 Å². The summed E-state index contributed by atoms with van der Waals surface area (Å²) >= 11 is 1.56. The molecule has 0 aliphatic carbocycles. The van der Waals surface area contributed by atoms with Gasteiger partial charge in [-0.25, -0.2) is 8.78 Å². The Hall–Kier alpha value is -2.21. The van der Waals surface area contributed by atoms with E-state index in [2.05, 4.69) is 5.10 Å². The van der Waals surface area contributed by atoms with E-state index in [-0.39, 0.29) is 0 Å². The summed E-state index contributed by atoms with van der Waals surface area (Å²) in [5.41, 5.74) is 7.62. The lowest BCUT2D eigenvalue weighted by Crippen LogP contribution is -1.98. The fourth-order valence-corrected chi connectivity index (χ4v) is 3.11. The molecule has 0 unspecified atom stereocenters. The van der Waals surface area contributed by atoms with Crippen LogP contribution in [0.15, 0.2) is 30.3 Å². The van der Waals surface area contributed by atoms with E-state index in [9.17, 15) is 8.78 Å². The van der Waals surface area contributed by atoms with Crippen LogP contribution in [0, 0.1) is 18.6 Å². The van der Waals surface area contributed by atoms with Crippen molar-refractivity contribution in [3.05, 3.63) is 46.8 Å². The second kappa shape index (κ2) is 4.96. The van der Waals surface area contributed by atoms with E-state index in [0.717, 1.165) is 15.8 Å². The fourth-order valence-electron chi connectivity index (χ4n) is 2.25. The summed E-state index contributed by atoms with van der Waals surface area (Å²) in [6.07, 6.45) is 0. The predicted octanol–water partition coefficient (Wildman–Crippen LogP) is 3.98. The van der Waals surface area contributed by atoms with E-state index in [0.29, 0.717) is 22.6 Å². The first-order valence-electron chi connectivity index (χ1n) is 6.31. The first-order chi connectivity index (χ1) is 9.95. The highest BCUT2D eigenvalue weighted by atomic mass is 32.1. The van der Waals surface area contributed by atoms with E-state index in [1.54, 1.807) is 18.4 Å². The Morgan fingerprint density at radius 1 is 1.14 bits per heavy atom. The molecule has 0 saturated heterocycles. The van der Waals surface area contributed by atoms with Gasteiger partial charge in [-0.15, -0.1) is 11.3 Å². The lowest BCUT2D eigenvalue weighted by molar-refractivity contribution is 0.584. The van der Waals surface area contributed by atoms with Gasteiger partial charge in [0.05, 0.1) is 10.4 Å². The van der Waals surface area contributed by atoms with E-state index < -0.39 is 11.6 Å². The van der Waals surface area contributed by atoms with Crippen LogP contribution in [0.4, 0.5) is 14.6 Å². The Kier molecular flexibility index (Phi) is 3.25. The van der Waals surface area contributed by atoms with Gasteiger partial charge >= 0.3 is 0 Å². The molecule has 3 rings (SSSR count). The summed E-state index contributed by atoms with van der Waals surface area (Å²) in [6.45, 7) is 1.99. The number of hydrogen-bond donors (Lipinski definition) is 1. The lowest BCUT2D eigenvalue weighted by Gasteiger charge is -2.04. The van der Waals surface area contributed by atoms with Gasteiger partial charge in [0, 0.05) is 18.0 Å². The molecule has 0 atom stereocenters. The van der Waals surface area contributed by atoms with Crippen molar-refractivity contribution in [1.82, 2.24) is 9.78 Å². The van der Waals surface area contributed by atoms with E-state index in [1.165, 1.54) is 16.8 Å². The van der Waals surface area contributed by atoms with Crippen LogP contribution in [0.2, 0.25) is 0 Å². The summed E-state index contributed by atoms with van der Waals surface area (Å²) in [4.78, 5) is 2.05. The maximum absolute atomic E-state index is 13.5. The average molecular weight is 305 g/mol. The second-order valence-corrected chi connectivity index (χ2v) is 6.09. The highest BCUT2D eigenvalue weighted by Gasteiger charge is 2.19. The van der Waals surface area contributed by atoms with Crippen molar-refractivity contribution in [2.24, 2.45) is 7.05 Å². The lowest BCUT2D eigenvalue weighted by atomic mass is 10.0. The maximum atomic E-state index is 13.5. The van der Waals surface area contributed by atoms with Gasteiger partial charge in [-0.2, -0.15) is 5.10 Å². The monoisotopic (exact) mass is 305 g/mol. The molecule has 0 aliphatic heterocycles. The number of nitrogens with zero attached hydrogens (tertiary/aromatic N) is 2. The Balaban J connectivity index is 2.26. The number of aryl methyl sites for hydroxylation is 2. The predicted molar refractivity (Wildman–Crippen MR) is 81.0 cm³/mol. The molecule has 0 bridgehead atoms. The summed E-state index contributed by atoms with van der Waals surface area (Å²) in [5, 5.41) is 4.39. The van der Waals surface area contributed by atoms with Crippen molar-refractivity contribution in [2.45, 2.75) is 6.92 Å². The summed E-state index contributed by atoms with van der Waals surface area (Å²) in [5.74, 6) is -0.899. The summed E-state index contributed by atoms with van der Waals surface area (Å²) in [6, 6.07) is 7.27. The summed E-state index contributed by atoms with van der Waals surface area (Å²) < 4.78 is 28.5. The molecule has 21 heavy (non-hydrogen) atoms. The quantitative estimate of drug-likeness (QED) is 0.778. The van der Waals surface area contributed by atoms with Crippen molar-refractivity contribution in [3.63, 3.8) is 0 Å². The molecule has 0 spiro atoms. The number of aromatic nitrogens is 2. The Bertz CT molecular complexity index is 800.